The van der Waals surface area contributed by atoms with Crippen LogP contribution in [-0.2, 0) is 14.9 Å². The second-order valence-electron chi connectivity index (χ2n) is 9.30. The number of rotatable bonds is 7. The molecule has 1 N–H and O–H groups in total. The van der Waals surface area contributed by atoms with E-state index in [2.05, 4.69) is 57.0 Å². The third kappa shape index (κ3) is 6.45. The van der Waals surface area contributed by atoms with E-state index < -0.39 is 5.97 Å². The molecule has 0 saturated carbocycles. The lowest BCUT2D eigenvalue weighted by Crippen LogP contribution is -2.25. The Hall–Kier alpha value is -3.60. The summed E-state index contributed by atoms with van der Waals surface area (Å²) in [6.45, 7) is 10.3. The molecule has 5 heteroatoms. The first kappa shape index (κ1) is 24.1. The van der Waals surface area contributed by atoms with Crippen molar-refractivity contribution in [2.24, 2.45) is 0 Å². The Labute approximate surface area is 196 Å². The Balaban J connectivity index is 1.57. The summed E-state index contributed by atoms with van der Waals surface area (Å²) in [6.07, 6.45) is 0. The summed E-state index contributed by atoms with van der Waals surface area (Å²) in [7, 11) is 0. The highest BCUT2D eigenvalue weighted by atomic mass is 16.5. The molecule has 3 rings (SSSR count). The van der Waals surface area contributed by atoms with Gasteiger partial charge in [0.15, 0.2) is 6.61 Å². The first-order valence-electron chi connectivity index (χ1n) is 11.2. The summed E-state index contributed by atoms with van der Waals surface area (Å²) in [6, 6.07) is 25.3. The van der Waals surface area contributed by atoms with Gasteiger partial charge >= 0.3 is 5.97 Å². The van der Waals surface area contributed by atoms with Crippen LogP contribution in [0.15, 0.2) is 78.9 Å². The SMILES string of the molecule is CC(C)N(c1ccccc1)c1ccc(NC(=O)COC(=O)c2ccc(C(C)(C)C)cc2)cc1. The van der Waals surface area contributed by atoms with Crippen molar-refractivity contribution in [3.63, 3.8) is 0 Å². The smallest absolute Gasteiger partial charge is 0.338 e. The Bertz CT molecular complexity index is 1070. The monoisotopic (exact) mass is 444 g/mol. The van der Waals surface area contributed by atoms with Gasteiger partial charge in [-0.05, 0) is 73.4 Å². The summed E-state index contributed by atoms with van der Waals surface area (Å²) in [5, 5.41) is 2.78. The Morgan fingerprint density at radius 2 is 1.42 bits per heavy atom. The van der Waals surface area contributed by atoms with Crippen molar-refractivity contribution in [1.82, 2.24) is 0 Å². The molecule has 0 spiro atoms. The first-order chi connectivity index (χ1) is 15.6. The van der Waals surface area contributed by atoms with Crippen molar-refractivity contribution in [3.8, 4) is 0 Å². The molecule has 172 valence electrons. The zero-order chi connectivity index (χ0) is 24.0. The van der Waals surface area contributed by atoms with Crippen LogP contribution in [0.25, 0.3) is 0 Å². The van der Waals surface area contributed by atoms with Gasteiger partial charge in [-0.25, -0.2) is 4.79 Å². The highest BCUT2D eigenvalue weighted by Crippen LogP contribution is 2.28. The molecule has 0 fully saturated rings. The van der Waals surface area contributed by atoms with E-state index in [1.54, 1.807) is 12.1 Å². The molecule has 0 atom stereocenters. The zero-order valence-electron chi connectivity index (χ0n) is 20.0. The fraction of sp³-hybridized carbons (Fsp3) is 0.286. The predicted octanol–water partition coefficient (Wildman–Crippen LogP) is 6.33. The number of nitrogens with zero attached hydrogens (tertiary/aromatic N) is 1. The van der Waals surface area contributed by atoms with Gasteiger partial charge in [-0.15, -0.1) is 0 Å². The molecule has 1 amide bonds. The Morgan fingerprint density at radius 3 is 1.97 bits per heavy atom. The van der Waals surface area contributed by atoms with Gasteiger partial charge in [-0.3, -0.25) is 4.79 Å². The molecule has 5 nitrogen and oxygen atoms in total. The van der Waals surface area contributed by atoms with E-state index in [9.17, 15) is 9.59 Å². The van der Waals surface area contributed by atoms with E-state index in [1.807, 2.05) is 54.6 Å². The number of para-hydroxylation sites is 1. The van der Waals surface area contributed by atoms with Gasteiger partial charge in [0.25, 0.3) is 5.91 Å². The average molecular weight is 445 g/mol. The summed E-state index contributed by atoms with van der Waals surface area (Å²) < 4.78 is 5.18. The fourth-order valence-electron chi connectivity index (χ4n) is 3.56. The van der Waals surface area contributed by atoms with E-state index in [1.165, 1.54) is 0 Å². The number of benzene rings is 3. The van der Waals surface area contributed by atoms with Gasteiger partial charge in [-0.2, -0.15) is 0 Å². The van der Waals surface area contributed by atoms with Crippen LogP contribution in [-0.4, -0.2) is 24.5 Å². The summed E-state index contributed by atoms with van der Waals surface area (Å²) in [5.74, 6) is -0.900. The van der Waals surface area contributed by atoms with Crippen molar-refractivity contribution < 1.29 is 14.3 Å². The van der Waals surface area contributed by atoms with Gasteiger partial charge in [0, 0.05) is 23.1 Å². The van der Waals surface area contributed by atoms with Crippen LogP contribution in [0.2, 0.25) is 0 Å². The molecule has 33 heavy (non-hydrogen) atoms. The maximum atomic E-state index is 12.3. The van der Waals surface area contributed by atoms with Gasteiger partial charge in [0.1, 0.15) is 0 Å². The van der Waals surface area contributed by atoms with Crippen LogP contribution < -0.4 is 10.2 Å². The molecule has 0 heterocycles. The maximum absolute atomic E-state index is 12.3. The minimum absolute atomic E-state index is 0.00512. The van der Waals surface area contributed by atoms with Crippen molar-refractivity contribution in [2.75, 3.05) is 16.8 Å². The van der Waals surface area contributed by atoms with E-state index in [-0.39, 0.29) is 24.0 Å². The van der Waals surface area contributed by atoms with E-state index >= 15 is 0 Å². The number of hydrogen-bond acceptors (Lipinski definition) is 4. The topological polar surface area (TPSA) is 58.6 Å². The first-order valence-corrected chi connectivity index (χ1v) is 11.2. The minimum Gasteiger partial charge on any atom is -0.452 e. The van der Waals surface area contributed by atoms with Crippen molar-refractivity contribution in [2.45, 2.75) is 46.1 Å². The van der Waals surface area contributed by atoms with Crippen molar-refractivity contribution in [1.29, 1.82) is 0 Å². The van der Waals surface area contributed by atoms with Crippen LogP contribution in [0, 0.1) is 0 Å². The molecule has 0 aromatic heterocycles. The fourth-order valence-corrected chi connectivity index (χ4v) is 3.56. The average Bonchev–Trinajstić information content (AvgIpc) is 2.79. The number of ether oxygens (including phenoxy) is 1. The number of carbonyl (C=O) groups excluding carboxylic acids is 2. The zero-order valence-corrected chi connectivity index (χ0v) is 20.0. The van der Waals surface area contributed by atoms with Crippen LogP contribution in [0.4, 0.5) is 17.1 Å². The van der Waals surface area contributed by atoms with Crippen LogP contribution >= 0.6 is 0 Å². The highest BCUT2D eigenvalue weighted by molar-refractivity contribution is 5.95. The number of amides is 1. The van der Waals surface area contributed by atoms with E-state index in [4.69, 9.17) is 4.74 Å². The lowest BCUT2D eigenvalue weighted by atomic mass is 9.87. The Morgan fingerprint density at radius 1 is 0.848 bits per heavy atom. The van der Waals surface area contributed by atoms with Gasteiger partial charge in [0.2, 0.25) is 0 Å². The van der Waals surface area contributed by atoms with E-state index in [0.717, 1.165) is 16.9 Å². The number of carbonyl (C=O) groups is 2. The molecule has 3 aromatic rings. The lowest BCUT2D eigenvalue weighted by Gasteiger charge is -2.29. The van der Waals surface area contributed by atoms with Gasteiger partial charge in [-0.1, -0.05) is 51.1 Å². The largest absolute Gasteiger partial charge is 0.452 e. The molecule has 0 unspecified atom stereocenters. The number of nitrogens with one attached hydrogen (secondary N) is 1. The van der Waals surface area contributed by atoms with Crippen LogP contribution in [0.5, 0.6) is 0 Å². The minimum atomic E-state index is -0.517. The molecule has 0 saturated heterocycles. The van der Waals surface area contributed by atoms with E-state index in [0.29, 0.717) is 11.3 Å². The summed E-state index contributed by atoms with van der Waals surface area (Å²) >= 11 is 0. The van der Waals surface area contributed by atoms with Crippen molar-refractivity contribution in [3.05, 3.63) is 90.0 Å². The third-order valence-electron chi connectivity index (χ3n) is 5.30. The third-order valence-corrected chi connectivity index (χ3v) is 5.30. The number of anilines is 3. The molecule has 0 radical (unpaired) electrons. The lowest BCUT2D eigenvalue weighted by molar-refractivity contribution is -0.119. The molecular formula is C28H32N2O3. The molecule has 3 aromatic carbocycles. The molecular weight excluding hydrogens is 412 g/mol. The van der Waals surface area contributed by atoms with Crippen LogP contribution in [0.1, 0.15) is 50.5 Å². The predicted molar refractivity (Wildman–Crippen MR) is 134 cm³/mol. The summed E-state index contributed by atoms with van der Waals surface area (Å²) in [5.41, 5.74) is 4.33. The van der Waals surface area contributed by atoms with Gasteiger partial charge in [0.05, 0.1) is 5.56 Å². The number of esters is 1. The normalized spacial score (nSPS) is 11.2. The highest BCUT2D eigenvalue weighted by Gasteiger charge is 2.16. The second-order valence-corrected chi connectivity index (χ2v) is 9.30. The molecule has 0 aliphatic heterocycles. The van der Waals surface area contributed by atoms with Crippen molar-refractivity contribution >= 4 is 28.9 Å². The standard InChI is InChI=1S/C28H32N2O3/c1-20(2)30(24-9-7-6-8-10-24)25-17-15-23(16-18-25)29-26(31)19-33-27(32)21-11-13-22(14-12-21)28(3,4)5/h6-18,20H,19H2,1-5H3,(H,29,31). The van der Waals surface area contributed by atoms with Gasteiger partial charge < -0.3 is 15.0 Å². The second kappa shape index (κ2) is 10.3. The van der Waals surface area contributed by atoms with Crippen LogP contribution in [0.3, 0.4) is 0 Å². The molecule has 0 aliphatic rings. The molecule has 0 bridgehead atoms. The quantitative estimate of drug-likeness (QED) is 0.433. The Kier molecular flexibility index (Phi) is 7.54. The maximum Gasteiger partial charge on any atom is 0.338 e. The molecule has 0 aliphatic carbocycles. The summed E-state index contributed by atoms with van der Waals surface area (Å²) in [4.78, 5) is 26.8. The number of hydrogen-bond donors (Lipinski definition) is 1.